The van der Waals surface area contributed by atoms with E-state index >= 15 is 0 Å². The van der Waals surface area contributed by atoms with E-state index in [-0.39, 0.29) is 12.2 Å². The Morgan fingerprint density at radius 2 is 2.00 bits per heavy atom. The Labute approximate surface area is 110 Å². The molecule has 0 radical (unpaired) electrons. The number of ether oxygens (including phenoxy) is 2. The Morgan fingerprint density at radius 3 is 2.63 bits per heavy atom. The van der Waals surface area contributed by atoms with Gasteiger partial charge >= 0.3 is 0 Å². The molecule has 0 fully saturated rings. The van der Waals surface area contributed by atoms with Crippen LogP contribution in [0, 0.1) is 0 Å². The number of nitrogens with zero attached hydrogens (tertiary/aromatic N) is 2. The van der Waals surface area contributed by atoms with Crippen molar-refractivity contribution in [2.45, 2.75) is 6.67 Å². The maximum atomic E-state index is 11.5. The average molecular weight is 261 g/mol. The first-order valence-corrected chi connectivity index (χ1v) is 5.70. The predicted molar refractivity (Wildman–Crippen MR) is 71.2 cm³/mol. The smallest absolute Gasteiger partial charge is 0.267 e. The highest BCUT2D eigenvalue weighted by atomic mass is 16.5. The third kappa shape index (κ3) is 2.58. The molecule has 6 heteroatoms. The Morgan fingerprint density at radius 1 is 1.21 bits per heavy atom. The fraction of sp³-hybridized carbons (Fsp3) is 0.231. The van der Waals surface area contributed by atoms with Crippen molar-refractivity contribution in [1.82, 2.24) is 9.78 Å². The zero-order valence-corrected chi connectivity index (χ0v) is 10.8. The maximum absolute atomic E-state index is 11.5. The summed E-state index contributed by atoms with van der Waals surface area (Å²) in [5, 5.41) is 4.18. The van der Waals surface area contributed by atoms with E-state index in [1.165, 1.54) is 10.7 Å². The first-order valence-electron chi connectivity index (χ1n) is 5.70. The number of nitrogens with two attached hydrogens (primary N) is 1. The van der Waals surface area contributed by atoms with Crippen molar-refractivity contribution in [1.29, 1.82) is 0 Å². The highest BCUT2D eigenvalue weighted by molar-refractivity contribution is 5.68. The molecule has 0 saturated carbocycles. The van der Waals surface area contributed by atoms with Crippen molar-refractivity contribution in [3.05, 3.63) is 40.7 Å². The van der Waals surface area contributed by atoms with Gasteiger partial charge in [-0.3, -0.25) is 4.79 Å². The van der Waals surface area contributed by atoms with E-state index in [1.54, 1.807) is 32.4 Å². The van der Waals surface area contributed by atoms with Crippen LogP contribution in [0.3, 0.4) is 0 Å². The highest BCUT2D eigenvalue weighted by Crippen LogP contribution is 2.31. The minimum Gasteiger partial charge on any atom is -0.497 e. The van der Waals surface area contributed by atoms with Gasteiger partial charge in [-0.2, -0.15) is 5.10 Å². The van der Waals surface area contributed by atoms with Gasteiger partial charge in [-0.05, 0) is 18.2 Å². The number of rotatable bonds is 4. The number of hydrogen-bond donors (Lipinski definition) is 1. The Hall–Kier alpha value is -2.34. The van der Waals surface area contributed by atoms with Gasteiger partial charge in [0.25, 0.3) is 5.56 Å². The van der Waals surface area contributed by atoms with Gasteiger partial charge in [-0.15, -0.1) is 0 Å². The normalized spacial score (nSPS) is 10.3. The summed E-state index contributed by atoms with van der Waals surface area (Å²) >= 11 is 0. The molecule has 6 nitrogen and oxygen atoms in total. The Bertz CT molecular complexity index is 637. The zero-order valence-electron chi connectivity index (χ0n) is 10.8. The summed E-state index contributed by atoms with van der Waals surface area (Å²) in [4.78, 5) is 11.5. The number of methoxy groups -OCH3 is 2. The molecule has 1 aromatic heterocycles. The molecular formula is C13H15N3O3. The molecule has 2 N–H and O–H groups in total. The lowest BCUT2D eigenvalue weighted by Gasteiger charge is -2.10. The molecule has 100 valence electrons. The van der Waals surface area contributed by atoms with Crippen LogP contribution in [0.25, 0.3) is 11.3 Å². The second-order valence-electron chi connectivity index (χ2n) is 3.81. The van der Waals surface area contributed by atoms with Crippen LogP contribution < -0.4 is 20.8 Å². The van der Waals surface area contributed by atoms with Crippen molar-refractivity contribution in [2.24, 2.45) is 5.73 Å². The molecule has 0 unspecified atom stereocenters. The topological polar surface area (TPSA) is 79.4 Å². The molecule has 0 aliphatic carbocycles. The minimum atomic E-state index is -0.237. The van der Waals surface area contributed by atoms with Gasteiger partial charge in [0.15, 0.2) is 0 Å². The number of hydrogen-bond acceptors (Lipinski definition) is 5. The van der Waals surface area contributed by atoms with Gasteiger partial charge < -0.3 is 15.2 Å². The molecule has 2 aromatic rings. The van der Waals surface area contributed by atoms with Gasteiger partial charge in [0.05, 0.1) is 26.6 Å². The van der Waals surface area contributed by atoms with Crippen LogP contribution >= 0.6 is 0 Å². The lowest BCUT2D eigenvalue weighted by atomic mass is 10.1. The second kappa shape index (κ2) is 5.53. The monoisotopic (exact) mass is 261 g/mol. The fourth-order valence-corrected chi connectivity index (χ4v) is 1.73. The van der Waals surface area contributed by atoms with E-state index in [1.807, 2.05) is 6.07 Å². The van der Waals surface area contributed by atoms with Crippen LogP contribution in [0.1, 0.15) is 0 Å². The molecule has 0 amide bonds. The zero-order chi connectivity index (χ0) is 13.8. The lowest BCUT2D eigenvalue weighted by Crippen LogP contribution is -2.26. The maximum Gasteiger partial charge on any atom is 0.267 e. The third-order valence-corrected chi connectivity index (χ3v) is 2.72. The van der Waals surface area contributed by atoms with E-state index in [9.17, 15) is 4.79 Å². The summed E-state index contributed by atoms with van der Waals surface area (Å²) in [7, 11) is 3.15. The van der Waals surface area contributed by atoms with Crippen molar-refractivity contribution < 1.29 is 9.47 Å². The van der Waals surface area contributed by atoms with Crippen LogP contribution in [-0.2, 0) is 6.67 Å². The van der Waals surface area contributed by atoms with Gasteiger partial charge in [-0.25, -0.2) is 4.68 Å². The molecule has 0 spiro atoms. The predicted octanol–water partition coefficient (Wildman–Crippen LogP) is 0.844. The van der Waals surface area contributed by atoms with Crippen molar-refractivity contribution >= 4 is 0 Å². The molecule has 2 rings (SSSR count). The highest BCUT2D eigenvalue weighted by Gasteiger charge is 2.10. The molecule has 0 aliphatic heterocycles. The van der Waals surface area contributed by atoms with Crippen LogP contribution in [-0.4, -0.2) is 24.0 Å². The first kappa shape index (κ1) is 13.1. The van der Waals surface area contributed by atoms with Gasteiger partial charge in [-0.1, -0.05) is 0 Å². The van der Waals surface area contributed by atoms with Crippen LogP contribution in [0.4, 0.5) is 0 Å². The molecule has 0 atom stereocenters. The van der Waals surface area contributed by atoms with Gasteiger partial charge in [0, 0.05) is 17.7 Å². The lowest BCUT2D eigenvalue weighted by molar-refractivity contribution is 0.395. The number of aromatic nitrogens is 2. The van der Waals surface area contributed by atoms with Crippen LogP contribution in [0.5, 0.6) is 11.5 Å². The third-order valence-electron chi connectivity index (χ3n) is 2.72. The Kier molecular flexibility index (Phi) is 3.82. The fourth-order valence-electron chi connectivity index (χ4n) is 1.73. The molecule has 0 saturated heterocycles. The quantitative estimate of drug-likeness (QED) is 0.882. The second-order valence-corrected chi connectivity index (χ2v) is 3.81. The van der Waals surface area contributed by atoms with E-state index in [0.717, 1.165) is 5.56 Å². The average Bonchev–Trinajstić information content (AvgIpc) is 2.47. The van der Waals surface area contributed by atoms with E-state index in [4.69, 9.17) is 15.2 Å². The molecule has 19 heavy (non-hydrogen) atoms. The largest absolute Gasteiger partial charge is 0.497 e. The molecule has 0 aliphatic rings. The summed E-state index contributed by atoms with van der Waals surface area (Å²) in [6.45, 7) is 0.0329. The van der Waals surface area contributed by atoms with Gasteiger partial charge in [0.2, 0.25) is 0 Å². The molecule has 1 heterocycles. The SMILES string of the molecule is COc1ccc(-c2ccc(=O)n(CN)n2)c(OC)c1. The molecular weight excluding hydrogens is 246 g/mol. The summed E-state index contributed by atoms with van der Waals surface area (Å²) < 4.78 is 11.6. The summed E-state index contributed by atoms with van der Waals surface area (Å²) in [5.41, 5.74) is 6.61. The van der Waals surface area contributed by atoms with E-state index < -0.39 is 0 Å². The summed E-state index contributed by atoms with van der Waals surface area (Å²) in [6.07, 6.45) is 0. The van der Waals surface area contributed by atoms with Crippen LogP contribution in [0.2, 0.25) is 0 Å². The van der Waals surface area contributed by atoms with Crippen molar-refractivity contribution in [2.75, 3.05) is 14.2 Å². The van der Waals surface area contributed by atoms with Crippen molar-refractivity contribution in [3.63, 3.8) is 0 Å². The summed E-state index contributed by atoms with van der Waals surface area (Å²) in [5.74, 6) is 1.31. The first-order chi connectivity index (χ1) is 9.19. The Balaban J connectivity index is 2.55. The molecule has 1 aromatic carbocycles. The molecule has 0 bridgehead atoms. The number of benzene rings is 1. The van der Waals surface area contributed by atoms with E-state index in [0.29, 0.717) is 17.2 Å². The van der Waals surface area contributed by atoms with Crippen LogP contribution in [0.15, 0.2) is 35.1 Å². The minimum absolute atomic E-state index is 0.0329. The van der Waals surface area contributed by atoms with Gasteiger partial charge in [0.1, 0.15) is 11.5 Å². The summed E-state index contributed by atoms with van der Waals surface area (Å²) in [6, 6.07) is 8.45. The van der Waals surface area contributed by atoms with Crippen molar-refractivity contribution in [3.8, 4) is 22.8 Å². The van der Waals surface area contributed by atoms with E-state index in [2.05, 4.69) is 5.10 Å². The standard InChI is InChI=1S/C13H15N3O3/c1-18-9-3-4-10(12(7-9)19-2)11-5-6-13(17)16(8-14)15-11/h3-7H,8,14H2,1-2H3.